The second kappa shape index (κ2) is 10.7. The summed E-state index contributed by atoms with van der Waals surface area (Å²) in [5.74, 6) is 1.82. The highest BCUT2D eigenvalue weighted by atomic mass is 19.4. The maximum atomic E-state index is 13.5. The van der Waals surface area contributed by atoms with Gasteiger partial charge in [0.2, 0.25) is 11.8 Å². The fraction of sp³-hybridized carbons (Fsp3) is 0.433. The first-order chi connectivity index (χ1) is 20.5. The van der Waals surface area contributed by atoms with Gasteiger partial charge in [0.05, 0.1) is 43.6 Å². The molecule has 0 spiro atoms. The van der Waals surface area contributed by atoms with Gasteiger partial charge in [-0.3, -0.25) is 9.69 Å². The zero-order valence-electron chi connectivity index (χ0n) is 24.5. The Hall–Kier alpha value is -4.42. The van der Waals surface area contributed by atoms with Gasteiger partial charge in [-0.05, 0) is 51.3 Å². The molecule has 0 unspecified atom stereocenters. The number of alkyl halides is 3. The number of hydrogen-bond acceptors (Lipinski definition) is 7. The molecule has 43 heavy (non-hydrogen) atoms. The van der Waals surface area contributed by atoms with E-state index in [9.17, 15) is 18.0 Å². The zero-order chi connectivity index (χ0) is 30.6. The van der Waals surface area contributed by atoms with E-state index in [1.165, 1.54) is 18.0 Å². The quantitative estimate of drug-likeness (QED) is 0.239. The van der Waals surface area contributed by atoms with Crippen molar-refractivity contribution in [2.75, 3.05) is 19.1 Å². The number of aryl methyl sites for hydroxylation is 1. The van der Waals surface area contributed by atoms with Crippen LogP contribution in [-0.4, -0.2) is 49.4 Å². The van der Waals surface area contributed by atoms with Crippen molar-refractivity contribution in [1.29, 1.82) is 0 Å². The smallest absolute Gasteiger partial charge is 0.434 e. The predicted octanol–water partition coefficient (Wildman–Crippen LogP) is 6.20. The van der Waals surface area contributed by atoms with Gasteiger partial charge in [0, 0.05) is 30.6 Å². The average molecular weight is 596 g/mol. The second-order valence-electron chi connectivity index (χ2n) is 11.1. The van der Waals surface area contributed by atoms with Gasteiger partial charge in [-0.25, -0.2) is 19.6 Å². The number of ether oxygens (including phenoxy) is 2. The summed E-state index contributed by atoms with van der Waals surface area (Å²) >= 11 is 0. The molecular weight excluding hydrogens is 563 g/mol. The van der Waals surface area contributed by atoms with E-state index in [4.69, 9.17) is 14.6 Å². The van der Waals surface area contributed by atoms with E-state index in [1.807, 2.05) is 13.0 Å². The minimum Gasteiger partial charge on any atom is -0.496 e. The topological polar surface area (TPSA) is 100 Å². The average Bonchev–Trinajstić information content (AvgIpc) is 3.57. The largest absolute Gasteiger partial charge is 0.496 e. The van der Waals surface area contributed by atoms with Crippen LogP contribution in [0.3, 0.4) is 0 Å². The molecule has 1 fully saturated rings. The molecular formula is C30H32F3N7O3. The molecule has 4 aromatic rings. The number of halogens is 3. The lowest BCUT2D eigenvalue weighted by Crippen LogP contribution is -2.39. The molecule has 3 aromatic heterocycles. The molecule has 10 nitrogen and oxygen atoms in total. The first-order valence-corrected chi connectivity index (χ1v) is 14.1. The summed E-state index contributed by atoms with van der Waals surface area (Å²) in [6, 6.07) is 6.39. The summed E-state index contributed by atoms with van der Waals surface area (Å²) in [7, 11) is 3.02. The lowest BCUT2D eigenvalue weighted by Gasteiger charge is -2.33. The molecule has 13 heteroatoms. The normalized spacial score (nSPS) is 16.0. The molecule has 6 rings (SSSR count). The molecule has 0 N–H and O–H groups in total. The van der Waals surface area contributed by atoms with Crippen LogP contribution in [0.25, 0.3) is 22.6 Å². The molecule has 0 bridgehead atoms. The van der Waals surface area contributed by atoms with Gasteiger partial charge in [-0.1, -0.05) is 6.07 Å². The third kappa shape index (κ3) is 5.10. The second-order valence-corrected chi connectivity index (χ2v) is 11.1. The first kappa shape index (κ1) is 28.7. The van der Waals surface area contributed by atoms with Gasteiger partial charge in [-0.2, -0.15) is 18.3 Å². The summed E-state index contributed by atoms with van der Waals surface area (Å²) in [6.45, 7) is 5.90. The Morgan fingerprint density at radius 3 is 2.47 bits per heavy atom. The van der Waals surface area contributed by atoms with Crippen LogP contribution in [0.15, 0.2) is 36.8 Å². The minimum atomic E-state index is -4.58. The van der Waals surface area contributed by atoms with E-state index in [0.29, 0.717) is 41.2 Å². The minimum absolute atomic E-state index is 0.0710. The number of amides is 1. The van der Waals surface area contributed by atoms with Gasteiger partial charge in [-0.15, -0.1) is 0 Å². The van der Waals surface area contributed by atoms with E-state index < -0.39 is 17.9 Å². The van der Waals surface area contributed by atoms with Crippen LogP contribution in [0.5, 0.6) is 11.6 Å². The van der Waals surface area contributed by atoms with E-state index >= 15 is 0 Å². The van der Waals surface area contributed by atoms with Crippen molar-refractivity contribution in [3.05, 3.63) is 53.7 Å². The highest BCUT2D eigenvalue weighted by molar-refractivity contribution is 5.95. The Bertz CT molecular complexity index is 1690. The number of carbonyl (C=O) groups is 1. The summed E-state index contributed by atoms with van der Waals surface area (Å²) in [5.41, 5.74) is 2.45. The highest BCUT2D eigenvalue weighted by Gasteiger charge is 2.37. The lowest BCUT2D eigenvalue weighted by atomic mass is 10.0. The monoisotopic (exact) mass is 595 g/mol. The third-order valence-corrected chi connectivity index (χ3v) is 7.98. The number of methoxy groups -OCH3 is 2. The van der Waals surface area contributed by atoms with Crippen molar-refractivity contribution >= 4 is 11.7 Å². The molecule has 1 amide bonds. The van der Waals surface area contributed by atoms with Crippen molar-refractivity contribution in [2.45, 2.75) is 70.8 Å². The summed E-state index contributed by atoms with van der Waals surface area (Å²) in [5, 5.41) is 4.83. The third-order valence-electron chi connectivity index (χ3n) is 7.98. The summed E-state index contributed by atoms with van der Waals surface area (Å²) in [6.07, 6.45) is 0.269. The Labute approximate surface area is 246 Å². The molecule has 4 heterocycles. The van der Waals surface area contributed by atoms with E-state index in [0.717, 1.165) is 35.9 Å². The van der Waals surface area contributed by atoms with Crippen LogP contribution < -0.4 is 14.4 Å². The van der Waals surface area contributed by atoms with Crippen molar-refractivity contribution in [1.82, 2.24) is 29.3 Å². The predicted molar refractivity (Wildman–Crippen MR) is 152 cm³/mol. The zero-order valence-corrected chi connectivity index (χ0v) is 24.5. The maximum absolute atomic E-state index is 13.5. The van der Waals surface area contributed by atoms with Crippen molar-refractivity contribution in [3.63, 3.8) is 0 Å². The summed E-state index contributed by atoms with van der Waals surface area (Å²) in [4.78, 5) is 27.8. The van der Waals surface area contributed by atoms with Crippen molar-refractivity contribution < 1.29 is 27.4 Å². The number of imidazole rings is 1. The number of carbonyl (C=O) groups excluding carboxylic acids is 1. The number of rotatable bonds is 8. The van der Waals surface area contributed by atoms with Gasteiger partial charge in [0.25, 0.3) is 0 Å². The Kier molecular flexibility index (Phi) is 7.13. The molecule has 0 saturated heterocycles. The standard InChI is InChI=1S/C30H32F3N7O3/c1-16(2)38-14-23(30(31,32)33)36-28(38)20-9-8-19(12-22(20)42-4)17(3)40-24-13-21(37-39(24)11-10-25(40)41)26-27(18-6-7-18)34-15-35-29(26)43-5/h8-9,12-18H,6-7,10-11H2,1-5H3/t17-/m1/s1. The molecule has 1 atom stereocenters. The molecule has 1 saturated carbocycles. The van der Waals surface area contributed by atoms with Crippen LogP contribution >= 0.6 is 0 Å². The number of anilines is 1. The Balaban J connectivity index is 1.38. The number of fused-ring (bicyclic) bond motifs is 1. The molecule has 226 valence electrons. The SMILES string of the molecule is COc1cc([C@@H](C)N2C(=O)CCn3nc(-c4c(OC)ncnc4C4CC4)cc32)ccc1-c1nc(C(F)(F)F)cn1C(C)C. The molecule has 1 aliphatic heterocycles. The van der Waals surface area contributed by atoms with E-state index in [1.54, 1.807) is 48.7 Å². The van der Waals surface area contributed by atoms with Gasteiger partial charge >= 0.3 is 6.18 Å². The molecule has 1 aliphatic carbocycles. The van der Waals surface area contributed by atoms with Crippen molar-refractivity contribution in [3.8, 4) is 34.3 Å². The maximum Gasteiger partial charge on any atom is 0.434 e. The lowest BCUT2D eigenvalue weighted by molar-refractivity contribution is -0.141. The fourth-order valence-corrected chi connectivity index (χ4v) is 5.62. The molecule has 1 aromatic carbocycles. The van der Waals surface area contributed by atoms with Gasteiger partial charge in [0.1, 0.15) is 29.4 Å². The number of nitrogens with zero attached hydrogens (tertiary/aromatic N) is 7. The van der Waals surface area contributed by atoms with Crippen molar-refractivity contribution in [2.24, 2.45) is 0 Å². The number of benzene rings is 1. The first-order valence-electron chi connectivity index (χ1n) is 14.1. The van der Waals surface area contributed by atoms with Crippen LogP contribution in [0.4, 0.5) is 19.0 Å². The fourth-order valence-electron chi connectivity index (χ4n) is 5.62. The van der Waals surface area contributed by atoms with Crippen LogP contribution in [-0.2, 0) is 17.5 Å². The highest BCUT2D eigenvalue weighted by Crippen LogP contribution is 2.46. The van der Waals surface area contributed by atoms with Gasteiger partial charge < -0.3 is 14.0 Å². The van der Waals surface area contributed by atoms with E-state index in [-0.39, 0.29) is 24.2 Å². The number of aromatic nitrogens is 6. The van der Waals surface area contributed by atoms with Gasteiger partial charge in [0.15, 0.2) is 5.69 Å². The Morgan fingerprint density at radius 2 is 1.81 bits per heavy atom. The Morgan fingerprint density at radius 1 is 1.05 bits per heavy atom. The number of hydrogen-bond donors (Lipinski definition) is 0. The summed E-state index contributed by atoms with van der Waals surface area (Å²) < 4.78 is 55.1. The van der Waals surface area contributed by atoms with Crippen LogP contribution in [0, 0.1) is 0 Å². The van der Waals surface area contributed by atoms with Crippen LogP contribution in [0.2, 0.25) is 0 Å². The van der Waals surface area contributed by atoms with Crippen LogP contribution in [0.1, 0.15) is 75.0 Å². The molecule has 2 aliphatic rings. The molecule has 0 radical (unpaired) electrons. The van der Waals surface area contributed by atoms with E-state index in [2.05, 4.69) is 15.0 Å².